The zero-order valence-electron chi connectivity index (χ0n) is 13.1. The fourth-order valence-electron chi connectivity index (χ4n) is 2.00. The van der Waals surface area contributed by atoms with Crippen molar-refractivity contribution in [3.63, 3.8) is 0 Å². The predicted octanol–water partition coefficient (Wildman–Crippen LogP) is 3.54. The first-order chi connectivity index (χ1) is 11.3. The van der Waals surface area contributed by atoms with Gasteiger partial charge in [-0.1, -0.05) is 18.2 Å². The van der Waals surface area contributed by atoms with Crippen LogP contribution in [0, 0.1) is 0 Å². The Labute approximate surface area is 137 Å². The highest BCUT2D eigenvalue weighted by Crippen LogP contribution is 2.31. The van der Waals surface area contributed by atoms with E-state index in [2.05, 4.69) is 10.5 Å². The number of nitrogens with one attached hydrogen (secondary N) is 1. The molecular formula is C17H16F3N3O. The van der Waals surface area contributed by atoms with Crippen molar-refractivity contribution >= 4 is 17.8 Å². The number of anilines is 1. The number of alkyl halides is 3. The molecule has 0 aliphatic rings. The molecule has 1 amide bonds. The quantitative estimate of drug-likeness (QED) is 0.686. The van der Waals surface area contributed by atoms with Gasteiger partial charge in [0.1, 0.15) is 0 Å². The maximum Gasteiger partial charge on any atom is 0.417 e. The van der Waals surface area contributed by atoms with E-state index in [1.165, 1.54) is 18.2 Å². The molecule has 0 atom stereocenters. The third kappa shape index (κ3) is 4.34. The molecule has 2 rings (SSSR count). The van der Waals surface area contributed by atoms with E-state index < -0.39 is 17.6 Å². The molecule has 0 bridgehead atoms. The Balaban J connectivity index is 2.08. The zero-order valence-corrected chi connectivity index (χ0v) is 13.1. The topological polar surface area (TPSA) is 44.7 Å². The fourth-order valence-corrected chi connectivity index (χ4v) is 2.00. The van der Waals surface area contributed by atoms with Crippen molar-refractivity contribution in [2.75, 3.05) is 19.0 Å². The van der Waals surface area contributed by atoms with Gasteiger partial charge in [0.2, 0.25) is 0 Å². The van der Waals surface area contributed by atoms with E-state index in [1.54, 1.807) is 24.3 Å². The van der Waals surface area contributed by atoms with Crippen molar-refractivity contribution in [1.29, 1.82) is 0 Å². The lowest BCUT2D eigenvalue weighted by Crippen LogP contribution is -2.18. The van der Waals surface area contributed by atoms with E-state index in [0.717, 1.165) is 18.0 Å². The molecule has 24 heavy (non-hydrogen) atoms. The van der Waals surface area contributed by atoms with Gasteiger partial charge in [0.25, 0.3) is 5.91 Å². The molecule has 0 heterocycles. The summed E-state index contributed by atoms with van der Waals surface area (Å²) >= 11 is 0. The van der Waals surface area contributed by atoms with E-state index in [0.29, 0.717) is 5.56 Å². The number of amides is 1. The van der Waals surface area contributed by atoms with Crippen LogP contribution in [0.3, 0.4) is 0 Å². The summed E-state index contributed by atoms with van der Waals surface area (Å²) in [5.74, 6) is -0.499. The maximum atomic E-state index is 12.8. The largest absolute Gasteiger partial charge is 0.417 e. The lowest BCUT2D eigenvalue weighted by atomic mass is 10.1. The molecule has 0 spiro atoms. The second-order valence-electron chi connectivity index (χ2n) is 5.23. The number of hydrogen-bond donors (Lipinski definition) is 1. The molecule has 0 aromatic heterocycles. The second kappa shape index (κ2) is 7.16. The number of hydrazone groups is 1. The highest BCUT2D eigenvalue weighted by molar-refractivity contribution is 5.95. The van der Waals surface area contributed by atoms with Gasteiger partial charge in [0.05, 0.1) is 11.8 Å². The minimum absolute atomic E-state index is 0.117. The van der Waals surface area contributed by atoms with Gasteiger partial charge in [-0.15, -0.1) is 0 Å². The van der Waals surface area contributed by atoms with Crippen LogP contribution in [0.4, 0.5) is 18.9 Å². The van der Waals surface area contributed by atoms with Crippen molar-refractivity contribution in [2.45, 2.75) is 6.18 Å². The van der Waals surface area contributed by atoms with Crippen LogP contribution in [0.25, 0.3) is 0 Å². The number of hydrogen-bond acceptors (Lipinski definition) is 3. The highest BCUT2D eigenvalue weighted by Gasteiger charge is 2.32. The van der Waals surface area contributed by atoms with E-state index in [4.69, 9.17) is 0 Å². The van der Waals surface area contributed by atoms with Crippen LogP contribution in [0.15, 0.2) is 53.6 Å². The summed E-state index contributed by atoms with van der Waals surface area (Å²) in [5.41, 5.74) is 2.59. The average molecular weight is 335 g/mol. The van der Waals surface area contributed by atoms with E-state index in [-0.39, 0.29) is 5.56 Å². The molecule has 0 unspecified atom stereocenters. The first-order valence-electron chi connectivity index (χ1n) is 7.06. The Morgan fingerprint density at radius 1 is 1.08 bits per heavy atom. The SMILES string of the molecule is CN(C)c1ccc(C(=O)N/N=C/c2ccccc2C(F)(F)F)cc1. The molecule has 0 radical (unpaired) electrons. The van der Waals surface area contributed by atoms with Crippen LogP contribution >= 0.6 is 0 Å². The van der Waals surface area contributed by atoms with Crippen LogP contribution in [0.5, 0.6) is 0 Å². The van der Waals surface area contributed by atoms with E-state index in [9.17, 15) is 18.0 Å². The number of nitrogens with zero attached hydrogens (tertiary/aromatic N) is 2. The highest BCUT2D eigenvalue weighted by atomic mass is 19.4. The van der Waals surface area contributed by atoms with Gasteiger partial charge in [-0.3, -0.25) is 4.79 Å². The summed E-state index contributed by atoms with van der Waals surface area (Å²) in [5, 5.41) is 3.61. The molecule has 126 valence electrons. The third-order valence-electron chi connectivity index (χ3n) is 3.28. The summed E-state index contributed by atoms with van der Waals surface area (Å²) in [6, 6.07) is 11.8. The molecule has 4 nitrogen and oxygen atoms in total. The summed E-state index contributed by atoms with van der Waals surface area (Å²) in [7, 11) is 3.74. The standard InChI is InChI=1S/C17H16F3N3O/c1-23(2)14-9-7-12(8-10-14)16(24)22-21-11-13-5-3-4-6-15(13)17(18,19)20/h3-11H,1-2H3,(H,22,24)/b21-11+. The molecule has 0 aliphatic carbocycles. The van der Waals surface area contributed by atoms with Gasteiger partial charge in [-0.2, -0.15) is 18.3 Å². The molecular weight excluding hydrogens is 319 g/mol. The monoisotopic (exact) mass is 335 g/mol. The third-order valence-corrected chi connectivity index (χ3v) is 3.28. The number of carbonyl (C=O) groups is 1. The minimum atomic E-state index is -4.48. The summed E-state index contributed by atoms with van der Waals surface area (Å²) in [4.78, 5) is 13.8. The second-order valence-corrected chi connectivity index (χ2v) is 5.23. The van der Waals surface area contributed by atoms with Gasteiger partial charge in [-0.25, -0.2) is 5.43 Å². The lowest BCUT2D eigenvalue weighted by molar-refractivity contribution is -0.137. The first-order valence-corrected chi connectivity index (χ1v) is 7.06. The summed E-state index contributed by atoms with van der Waals surface area (Å²) < 4.78 is 38.5. The number of benzene rings is 2. The van der Waals surface area contributed by atoms with Crippen LogP contribution in [0.1, 0.15) is 21.5 Å². The van der Waals surface area contributed by atoms with Gasteiger partial charge in [-0.05, 0) is 30.3 Å². The van der Waals surface area contributed by atoms with Crippen molar-refractivity contribution in [1.82, 2.24) is 5.43 Å². The number of rotatable bonds is 4. The molecule has 7 heteroatoms. The average Bonchev–Trinajstić information content (AvgIpc) is 2.54. The predicted molar refractivity (Wildman–Crippen MR) is 87.3 cm³/mol. The Morgan fingerprint density at radius 2 is 1.71 bits per heavy atom. The molecule has 0 saturated heterocycles. The Morgan fingerprint density at radius 3 is 2.29 bits per heavy atom. The normalized spacial score (nSPS) is 11.5. The maximum absolute atomic E-state index is 12.8. The van der Waals surface area contributed by atoms with Crippen molar-refractivity contribution in [2.24, 2.45) is 5.10 Å². The first kappa shape index (κ1) is 17.5. The molecule has 0 fully saturated rings. The summed E-state index contributed by atoms with van der Waals surface area (Å²) in [6.07, 6.45) is -3.50. The Bertz CT molecular complexity index is 737. The van der Waals surface area contributed by atoms with Crippen molar-refractivity contribution in [3.05, 3.63) is 65.2 Å². The van der Waals surface area contributed by atoms with Crippen LogP contribution < -0.4 is 10.3 Å². The molecule has 0 aliphatic heterocycles. The van der Waals surface area contributed by atoms with E-state index in [1.807, 2.05) is 19.0 Å². The van der Waals surface area contributed by atoms with Gasteiger partial charge >= 0.3 is 6.18 Å². The molecule has 2 aromatic rings. The van der Waals surface area contributed by atoms with Gasteiger partial charge in [0, 0.05) is 30.9 Å². The molecule has 2 aromatic carbocycles. The van der Waals surface area contributed by atoms with Crippen LogP contribution in [-0.4, -0.2) is 26.2 Å². The zero-order chi connectivity index (χ0) is 17.7. The van der Waals surface area contributed by atoms with Crippen molar-refractivity contribution < 1.29 is 18.0 Å². The summed E-state index contributed by atoms with van der Waals surface area (Å²) in [6.45, 7) is 0. The van der Waals surface area contributed by atoms with Crippen molar-refractivity contribution in [3.8, 4) is 0 Å². The van der Waals surface area contributed by atoms with Gasteiger partial charge in [0.15, 0.2) is 0 Å². The Kier molecular flexibility index (Phi) is 5.23. The lowest BCUT2D eigenvalue weighted by Gasteiger charge is -2.12. The molecule has 0 saturated carbocycles. The molecule has 1 N–H and O–H groups in total. The fraction of sp³-hybridized carbons (Fsp3) is 0.176. The van der Waals surface area contributed by atoms with Gasteiger partial charge < -0.3 is 4.90 Å². The van der Waals surface area contributed by atoms with E-state index >= 15 is 0 Å². The van der Waals surface area contributed by atoms with Crippen LogP contribution in [0.2, 0.25) is 0 Å². The Hall–Kier alpha value is -2.83. The minimum Gasteiger partial charge on any atom is -0.378 e. The number of carbonyl (C=O) groups excluding carboxylic acids is 1. The number of halogens is 3. The van der Waals surface area contributed by atoms with Crippen LogP contribution in [-0.2, 0) is 6.18 Å². The smallest absolute Gasteiger partial charge is 0.378 e.